The summed E-state index contributed by atoms with van der Waals surface area (Å²) in [7, 11) is 0. The summed E-state index contributed by atoms with van der Waals surface area (Å²) in [6.45, 7) is 4.59. The lowest BCUT2D eigenvalue weighted by Crippen LogP contribution is -2.15. The quantitative estimate of drug-likeness (QED) is 0.179. The molecule has 10 rings (SSSR count). The minimum atomic E-state index is -0.126. The fourth-order valence-electron chi connectivity index (χ4n) is 7.54. The van der Waals surface area contributed by atoms with Crippen LogP contribution in [-0.4, -0.2) is 29.9 Å². The first-order valence-electron chi connectivity index (χ1n) is 16.9. The molecule has 50 heavy (non-hydrogen) atoms. The Balaban J connectivity index is 1.13. The van der Waals surface area contributed by atoms with Crippen LogP contribution in [-0.2, 0) is 5.41 Å². The predicted octanol–water partition coefficient (Wildman–Crippen LogP) is 10.2. The maximum absolute atomic E-state index is 5.13. The molecule has 0 N–H and O–H groups in total. The zero-order valence-electron chi connectivity index (χ0n) is 27.5. The molecule has 0 radical (unpaired) electrons. The molecule has 0 fully saturated rings. The highest BCUT2D eigenvalue weighted by Crippen LogP contribution is 2.49. The topological polar surface area (TPSA) is 69.4 Å². The number of nitrogens with zero attached hydrogens (tertiary/aromatic N) is 6. The van der Waals surface area contributed by atoms with Crippen LogP contribution in [0.2, 0.25) is 0 Å². The van der Waals surface area contributed by atoms with E-state index in [2.05, 4.69) is 92.7 Å². The van der Waals surface area contributed by atoms with Crippen molar-refractivity contribution in [2.24, 2.45) is 0 Å². The molecular weight excluding hydrogens is 613 g/mol. The average Bonchev–Trinajstić information content (AvgIpc) is 3.71. The van der Waals surface area contributed by atoms with Crippen molar-refractivity contribution >= 4 is 32.6 Å². The Morgan fingerprint density at radius 2 is 1.10 bits per heavy atom. The van der Waals surface area contributed by atoms with Crippen molar-refractivity contribution in [2.75, 3.05) is 0 Å². The van der Waals surface area contributed by atoms with Crippen molar-refractivity contribution in [1.82, 2.24) is 29.9 Å². The van der Waals surface area contributed by atoms with Gasteiger partial charge in [-0.25, -0.2) is 15.0 Å². The first kappa shape index (κ1) is 28.5. The van der Waals surface area contributed by atoms with Gasteiger partial charge in [-0.1, -0.05) is 129 Å². The zero-order valence-corrected chi connectivity index (χ0v) is 27.5. The van der Waals surface area contributed by atoms with E-state index < -0.39 is 0 Å². The molecule has 2 heterocycles. The fourth-order valence-corrected chi connectivity index (χ4v) is 7.54. The molecule has 0 bridgehead atoms. The van der Waals surface area contributed by atoms with E-state index in [9.17, 15) is 0 Å². The molecule has 0 unspecified atom stereocenters. The highest BCUT2D eigenvalue weighted by molar-refractivity contribution is 6.18. The Morgan fingerprint density at radius 3 is 1.90 bits per heavy atom. The van der Waals surface area contributed by atoms with Gasteiger partial charge in [0.1, 0.15) is 11.0 Å². The van der Waals surface area contributed by atoms with Crippen LogP contribution >= 0.6 is 0 Å². The molecule has 6 heteroatoms. The highest BCUT2D eigenvalue weighted by atomic mass is 15.5. The summed E-state index contributed by atoms with van der Waals surface area (Å²) >= 11 is 0. The Morgan fingerprint density at radius 1 is 0.480 bits per heavy atom. The highest BCUT2D eigenvalue weighted by Gasteiger charge is 2.35. The van der Waals surface area contributed by atoms with E-state index in [1.54, 1.807) is 4.80 Å². The van der Waals surface area contributed by atoms with E-state index in [0.717, 1.165) is 55.0 Å². The molecule has 1 aliphatic rings. The van der Waals surface area contributed by atoms with Crippen molar-refractivity contribution < 1.29 is 0 Å². The molecule has 0 saturated carbocycles. The SMILES string of the molecule is CC1(C)c2ccccc2-c2ccc(-c3nc(-c4ccccc4)nc(-c4ccc5c(ccc6ccc7nn(-c8ccccc8)nc7c65)c4)n3)cc21. The minimum absolute atomic E-state index is 0.126. The van der Waals surface area contributed by atoms with Gasteiger partial charge in [0.2, 0.25) is 0 Å². The lowest BCUT2D eigenvalue weighted by atomic mass is 9.82. The van der Waals surface area contributed by atoms with Gasteiger partial charge in [0.25, 0.3) is 0 Å². The Labute approximate surface area is 288 Å². The second kappa shape index (κ2) is 10.7. The average molecular weight is 643 g/mol. The first-order valence-corrected chi connectivity index (χ1v) is 16.9. The summed E-state index contributed by atoms with van der Waals surface area (Å²) in [5.41, 5.74) is 10.6. The molecule has 6 nitrogen and oxygen atoms in total. The summed E-state index contributed by atoms with van der Waals surface area (Å²) in [6.07, 6.45) is 0. The van der Waals surface area contributed by atoms with E-state index in [0.29, 0.717) is 17.5 Å². The number of para-hydroxylation sites is 1. The van der Waals surface area contributed by atoms with E-state index in [-0.39, 0.29) is 5.41 Å². The largest absolute Gasteiger partial charge is 0.208 e. The van der Waals surface area contributed by atoms with Crippen LogP contribution in [0.3, 0.4) is 0 Å². The summed E-state index contributed by atoms with van der Waals surface area (Å²) in [5.74, 6) is 1.93. The zero-order chi connectivity index (χ0) is 33.4. The predicted molar refractivity (Wildman–Crippen MR) is 201 cm³/mol. The molecule has 7 aromatic carbocycles. The Kier molecular flexibility index (Phi) is 6.12. The molecule has 0 saturated heterocycles. The normalized spacial score (nSPS) is 13.2. The smallest absolute Gasteiger partial charge is 0.164 e. The maximum atomic E-state index is 5.13. The number of benzene rings is 7. The van der Waals surface area contributed by atoms with Crippen LogP contribution in [0, 0.1) is 0 Å². The third-order valence-electron chi connectivity index (χ3n) is 10.1. The fraction of sp³-hybridized carbons (Fsp3) is 0.0682. The summed E-state index contributed by atoms with van der Waals surface area (Å²) in [6, 6.07) is 50.4. The van der Waals surface area contributed by atoms with Gasteiger partial charge in [0.05, 0.1) is 5.69 Å². The van der Waals surface area contributed by atoms with Gasteiger partial charge in [-0.2, -0.15) is 4.80 Å². The van der Waals surface area contributed by atoms with Crippen LogP contribution in [0.25, 0.3) is 83.6 Å². The summed E-state index contributed by atoms with van der Waals surface area (Å²) < 4.78 is 0. The molecular formula is C44H30N6. The number of aromatic nitrogens is 6. The monoisotopic (exact) mass is 642 g/mol. The standard InChI is InChI=1S/C44H30N6/c1-44(2)36-16-10-9-15-34(36)35-23-20-31(26-37(35)44)43-46-41(28-11-5-3-6-12-28)45-42(47-43)30-19-22-33-29(25-30)18-17-27-21-24-38-40(39(27)33)49-50(48-38)32-13-7-4-8-14-32/h3-26H,1-2H3. The van der Waals surface area contributed by atoms with Crippen LogP contribution in [0.4, 0.5) is 0 Å². The third kappa shape index (κ3) is 4.38. The number of fused-ring (bicyclic) bond motifs is 8. The van der Waals surface area contributed by atoms with Crippen LogP contribution in [0.5, 0.6) is 0 Å². The summed E-state index contributed by atoms with van der Waals surface area (Å²) in [5, 5.41) is 14.1. The number of hydrogen-bond acceptors (Lipinski definition) is 5. The maximum Gasteiger partial charge on any atom is 0.164 e. The van der Waals surface area contributed by atoms with Crippen LogP contribution in [0.15, 0.2) is 146 Å². The molecule has 236 valence electrons. The summed E-state index contributed by atoms with van der Waals surface area (Å²) in [4.78, 5) is 16.9. The lowest BCUT2D eigenvalue weighted by molar-refractivity contribution is 0.660. The van der Waals surface area contributed by atoms with Crippen LogP contribution in [0.1, 0.15) is 25.0 Å². The van der Waals surface area contributed by atoms with Crippen LogP contribution < -0.4 is 0 Å². The van der Waals surface area contributed by atoms with Crippen molar-refractivity contribution in [2.45, 2.75) is 19.3 Å². The molecule has 0 atom stereocenters. The van der Waals surface area contributed by atoms with Gasteiger partial charge >= 0.3 is 0 Å². The lowest BCUT2D eigenvalue weighted by Gasteiger charge is -2.21. The van der Waals surface area contributed by atoms with E-state index in [4.69, 9.17) is 25.1 Å². The number of hydrogen-bond donors (Lipinski definition) is 0. The molecule has 0 amide bonds. The molecule has 2 aromatic heterocycles. The second-order valence-corrected chi connectivity index (χ2v) is 13.5. The molecule has 0 spiro atoms. The van der Waals surface area contributed by atoms with Gasteiger partial charge < -0.3 is 0 Å². The van der Waals surface area contributed by atoms with Gasteiger partial charge in [-0.3, -0.25) is 0 Å². The Hall–Kier alpha value is -6.53. The molecule has 1 aliphatic carbocycles. The molecule has 9 aromatic rings. The minimum Gasteiger partial charge on any atom is -0.208 e. The van der Waals surface area contributed by atoms with Crippen molar-refractivity contribution in [3.05, 3.63) is 157 Å². The van der Waals surface area contributed by atoms with Gasteiger partial charge in [0.15, 0.2) is 17.5 Å². The van der Waals surface area contributed by atoms with Crippen molar-refractivity contribution in [3.63, 3.8) is 0 Å². The molecule has 0 aliphatic heterocycles. The van der Waals surface area contributed by atoms with Crippen molar-refractivity contribution in [1.29, 1.82) is 0 Å². The first-order chi connectivity index (χ1) is 24.5. The van der Waals surface area contributed by atoms with Crippen molar-refractivity contribution in [3.8, 4) is 51.0 Å². The number of rotatable bonds is 4. The van der Waals surface area contributed by atoms with Gasteiger partial charge in [-0.15, -0.1) is 10.2 Å². The third-order valence-corrected chi connectivity index (χ3v) is 10.1. The van der Waals surface area contributed by atoms with E-state index in [1.807, 2.05) is 66.7 Å². The van der Waals surface area contributed by atoms with E-state index in [1.165, 1.54) is 22.3 Å². The van der Waals surface area contributed by atoms with Gasteiger partial charge in [-0.05, 0) is 68.7 Å². The van der Waals surface area contributed by atoms with Gasteiger partial charge in [0, 0.05) is 27.5 Å². The second-order valence-electron chi connectivity index (χ2n) is 13.5. The van der Waals surface area contributed by atoms with E-state index >= 15 is 0 Å². The Bertz CT molecular complexity index is 2780.